The number of nitrogens with one attached hydrogen (secondary N) is 1. The van der Waals surface area contributed by atoms with E-state index in [0.717, 1.165) is 11.3 Å². The summed E-state index contributed by atoms with van der Waals surface area (Å²) in [6.07, 6.45) is 0. The first-order valence-electron chi connectivity index (χ1n) is 6.37. The van der Waals surface area contributed by atoms with E-state index in [1.54, 1.807) is 21.3 Å². The topological polar surface area (TPSA) is 39.7 Å². The van der Waals surface area contributed by atoms with Gasteiger partial charge in [0.1, 0.15) is 0 Å². The van der Waals surface area contributed by atoms with Gasteiger partial charge < -0.3 is 19.5 Å². The second kappa shape index (κ2) is 6.70. The van der Waals surface area contributed by atoms with Crippen molar-refractivity contribution < 1.29 is 14.2 Å². The van der Waals surface area contributed by atoms with Crippen molar-refractivity contribution in [3.05, 3.63) is 48.0 Å². The van der Waals surface area contributed by atoms with Gasteiger partial charge in [-0.3, -0.25) is 0 Å². The molecule has 0 saturated heterocycles. The molecule has 0 aliphatic carbocycles. The third-order valence-corrected chi connectivity index (χ3v) is 3.04. The second-order valence-electron chi connectivity index (χ2n) is 4.21. The van der Waals surface area contributed by atoms with Crippen molar-refractivity contribution in [3.8, 4) is 17.2 Å². The van der Waals surface area contributed by atoms with E-state index in [4.69, 9.17) is 14.2 Å². The van der Waals surface area contributed by atoms with E-state index in [0.29, 0.717) is 23.8 Å². The Labute approximate surface area is 119 Å². The van der Waals surface area contributed by atoms with Gasteiger partial charge in [-0.15, -0.1) is 0 Å². The van der Waals surface area contributed by atoms with Gasteiger partial charge >= 0.3 is 0 Å². The molecule has 0 fully saturated rings. The van der Waals surface area contributed by atoms with Crippen LogP contribution in [0.5, 0.6) is 17.2 Å². The molecule has 2 rings (SSSR count). The highest BCUT2D eigenvalue weighted by molar-refractivity contribution is 5.57. The molecule has 0 radical (unpaired) electrons. The number of rotatable bonds is 6. The van der Waals surface area contributed by atoms with Crippen LogP contribution in [0, 0.1) is 0 Å². The maximum atomic E-state index is 5.45. The molecular formula is C16H19NO3. The van der Waals surface area contributed by atoms with Crippen molar-refractivity contribution in [3.63, 3.8) is 0 Å². The summed E-state index contributed by atoms with van der Waals surface area (Å²) in [7, 11) is 4.84. The molecule has 0 saturated carbocycles. The Morgan fingerprint density at radius 1 is 0.800 bits per heavy atom. The predicted molar refractivity (Wildman–Crippen MR) is 79.9 cm³/mol. The SMILES string of the molecule is COc1ccc(CNc2ccccc2)c(OC)c1OC. The fourth-order valence-electron chi connectivity index (χ4n) is 2.06. The molecule has 0 bridgehead atoms. The molecule has 4 nitrogen and oxygen atoms in total. The van der Waals surface area contributed by atoms with Crippen LogP contribution in [-0.4, -0.2) is 21.3 Å². The maximum absolute atomic E-state index is 5.45. The minimum Gasteiger partial charge on any atom is -0.493 e. The number of methoxy groups -OCH3 is 3. The van der Waals surface area contributed by atoms with E-state index in [1.807, 2.05) is 42.5 Å². The monoisotopic (exact) mass is 273 g/mol. The predicted octanol–water partition coefficient (Wildman–Crippen LogP) is 3.32. The lowest BCUT2D eigenvalue weighted by Gasteiger charge is -2.16. The van der Waals surface area contributed by atoms with Gasteiger partial charge in [0.25, 0.3) is 0 Å². The van der Waals surface area contributed by atoms with Crippen LogP contribution in [0.4, 0.5) is 5.69 Å². The molecule has 4 heteroatoms. The Kier molecular flexibility index (Phi) is 4.71. The zero-order valence-corrected chi connectivity index (χ0v) is 12.0. The molecule has 2 aromatic rings. The summed E-state index contributed by atoms with van der Waals surface area (Å²) >= 11 is 0. The molecule has 1 N–H and O–H groups in total. The molecule has 0 aromatic heterocycles. The zero-order valence-electron chi connectivity index (χ0n) is 12.0. The summed E-state index contributed by atoms with van der Waals surface area (Å²) in [5.41, 5.74) is 2.07. The van der Waals surface area contributed by atoms with E-state index in [2.05, 4.69) is 5.32 Å². The van der Waals surface area contributed by atoms with E-state index >= 15 is 0 Å². The van der Waals surface area contributed by atoms with Gasteiger partial charge in [-0.05, 0) is 24.3 Å². The maximum Gasteiger partial charge on any atom is 0.203 e. The first-order valence-corrected chi connectivity index (χ1v) is 6.37. The standard InChI is InChI=1S/C16H19NO3/c1-18-14-10-9-12(15(19-2)16(14)20-3)11-17-13-7-5-4-6-8-13/h4-10,17H,11H2,1-3H3. The third kappa shape index (κ3) is 2.96. The van der Waals surface area contributed by atoms with Crippen LogP contribution in [0.1, 0.15) is 5.56 Å². The molecule has 0 spiro atoms. The Bertz CT molecular complexity index is 555. The van der Waals surface area contributed by atoms with Crippen LogP contribution in [0.3, 0.4) is 0 Å². The molecule has 20 heavy (non-hydrogen) atoms. The Morgan fingerprint density at radius 3 is 2.10 bits per heavy atom. The summed E-state index contributed by atoms with van der Waals surface area (Å²) in [6, 6.07) is 13.9. The van der Waals surface area contributed by atoms with Gasteiger partial charge in [-0.1, -0.05) is 18.2 Å². The first kappa shape index (κ1) is 14.1. The van der Waals surface area contributed by atoms with Crippen LogP contribution < -0.4 is 19.5 Å². The van der Waals surface area contributed by atoms with Gasteiger partial charge in [0, 0.05) is 17.8 Å². The summed E-state index contributed by atoms with van der Waals surface area (Å²) in [6.45, 7) is 0.646. The van der Waals surface area contributed by atoms with Crippen LogP contribution in [-0.2, 0) is 6.54 Å². The first-order chi connectivity index (χ1) is 9.80. The van der Waals surface area contributed by atoms with Crippen molar-refractivity contribution in [1.29, 1.82) is 0 Å². The van der Waals surface area contributed by atoms with E-state index in [1.165, 1.54) is 0 Å². The van der Waals surface area contributed by atoms with Gasteiger partial charge in [-0.2, -0.15) is 0 Å². The molecule has 0 aliphatic rings. The fourth-order valence-corrected chi connectivity index (χ4v) is 2.06. The molecule has 0 aliphatic heterocycles. The number of hydrogen-bond acceptors (Lipinski definition) is 4. The highest BCUT2D eigenvalue weighted by Gasteiger charge is 2.15. The molecule has 0 unspecified atom stereocenters. The van der Waals surface area contributed by atoms with Gasteiger partial charge in [0.2, 0.25) is 5.75 Å². The average Bonchev–Trinajstić information content (AvgIpc) is 2.52. The highest BCUT2D eigenvalue weighted by atomic mass is 16.5. The van der Waals surface area contributed by atoms with Gasteiger partial charge in [0.15, 0.2) is 11.5 Å². The van der Waals surface area contributed by atoms with Gasteiger partial charge in [0.05, 0.1) is 21.3 Å². The van der Waals surface area contributed by atoms with E-state index < -0.39 is 0 Å². The largest absolute Gasteiger partial charge is 0.493 e. The van der Waals surface area contributed by atoms with Crippen molar-refractivity contribution in [2.24, 2.45) is 0 Å². The molecule has 106 valence electrons. The molecule has 0 amide bonds. The van der Waals surface area contributed by atoms with Crippen LogP contribution >= 0.6 is 0 Å². The highest BCUT2D eigenvalue weighted by Crippen LogP contribution is 2.39. The minimum atomic E-state index is 0.613. The zero-order chi connectivity index (χ0) is 14.4. The van der Waals surface area contributed by atoms with Crippen LogP contribution in [0.15, 0.2) is 42.5 Å². The smallest absolute Gasteiger partial charge is 0.203 e. The van der Waals surface area contributed by atoms with Crippen LogP contribution in [0.25, 0.3) is 0 Å². The van der Waals surface area contributed by atoms with E-state index in [-0.39, 0.29) is 0 Å². The second-order valence-corrected chi connectivity index (χ2v) is 4.21. The molecule has 0 heterocycles. The summed E-state index contributed by atoms with van der Waals surface area (Å²) in [4.78, 5) is 0. The fraction of sp³-hybridized carbons (Fsp3) is 0.250. The normalized spacial score (nSPS) is 9.95. The molecule has 2 aromatic carbocycles. The average molecular weight is 273 g/mol. The Morgan fingerprint density at radius 2 is 1.50 bits per heavy atom. The summed E-state index contributed by atoms with van der Waals surface area (Å²) in [5.74, 6) is 1.96. The molecular weight excluding hydrogens is 254 g/mol. The number of ether oxygens (including phenoxy) is 3. The van der Waals surface area contributed by atoms with Gasteiger partial charge in [-0.25, -0.2) is 0 Å². The minimum absolute atomic E-state index is 0.613. The van der Waals surface area contributed by atoms with Crippen molar-refractivity contribution in [2.45, 2.75) is 6.54 Å². The lowest BCUT2D eigenvalue weighted by Crippen LogP contribution is -2.04. The Hall–Kier alpha value is -2.36. The number of benzene rings is 2. The number of para-hydroxylation sites is 1. The lowest BCUT2D eigenvalue weighted by atomic mass is 10.1. The number of hydrogen-bond donors (Lipinski definition) is 1. The van der Waals surface area contributed by atoms with Crippen LogP contribution in [0.2, 0.25) is 0 Å². The van der Waals surface area contributed by atoms with Crippen molar-refractivity contribution in [1.82, 2.24) is 0 Å². The third-order valence-electron chi connectivity index (χ3n) is 3.04. The van der Waals surface area contributed by atoms with Crippen molar-refractivity contribution >= 4 is 5.69 Å². The Balaban J connectivity index is 2.23. The van der Waals surface area contributed by atoms with Crippen molar-refractivity contribution in [2.75, 3.05) is 26.6 Å². The lowest BCUT2D eigenvalue weighted by molar-refractivity contribution is 0.322. The number of anilines is 1. The van der Waals surface area contributed by atoms with E-state index in [9.17, 15) is 0 Å². The molecule has 0 atom stereocenters. The quantitative estimate of drug-likeness (QED) is 0.876. The summed E-state index contributed by atoms with van der Waals surface area (Å²) < 4.78 is 16.1. The summed E-state index contributed by atoms with van der Waals surface area (Å²) in [5, 5.41) is 3.35.